The Bertz CT molecular complexity index is 1380. The van der Waals surface area contributed by atoms with Crippen LogP contribution >= 0.6 is 0 Å². The first-order valence-electron chi connectivity index (χ1n) is 14.4. The maximum Gasteiger partial charge on any atom is 0.255 e. The molecule has 3 aliphatic rings. The van der Waals surface area contributed by atoms with E-state index in [9.17, 15) is 14.7 Å². The molecule has 1 aromatic heterocycles. The standard InChI is InChI=1S/C31H37N5O5/c1-35-18-22(15-33-35)21-7-9-25-28(13-21)40-12-11-24-8-10-27(37)29(41-24)16-32-31(39)26-14-23(34-30(25)38)19-36(26)17-20-5-3-2-4-6-20/h2-7,9,13,15,18,23-24,26-27,29,37H,8,10-12,14,16-17,19H2,1H3,(H,32,39)(H,34,38)/t23-,24-,26-,27-,29+/m0/s1. The van der Waals surface area contributed by atoms with Crippen LogP contribution in [0.3, 0.4) is 0 Å². The molecule has 3 aliphatic heterocycles. The topological polar surface area (TPSA) is 118 Å². The zero-order valence-electron chi connectivity index (χ0n) is 23.2. The molecule has 10 heteroatoms. The van der Waals surface area contributed by atoms with E-state index in [1.165, 1.54) is 0 Å². The summed E-state index contributed by atoms with van der Waals surface area (Å²) in [6, 6.07) is 14.9. The molecule has 3 aromatic rings. The van der Waals surface area contributed by atoms with E-state index in [1.807, 2.05) is 55.7 Å². The Balaban J connectivity index is 1.29. The molecule has 0 unspecified atom stereocenters. The van der Waals surface area contributed by atoms with Gasteiger partial charge in [-0.3, -0.25) is 19.2 Å². The number of hydrogen-bond donors (Lipinski definition) is 3. The Morgan fingerprint density at radius 1 is 1.07 bits per heavy atom. The van der Waals surface area contributed by atoms with Crippen LogP contribution in [0.2, 0.25) is 0 Å². The number of benzene rings is 2. The predicted octanol–water partition coefficient (Wildman–Crippen LogP) is 2.27. The van der Waals surface area contributed by atoms with Crippen LogP contribution in [0, 0.1) is 0 Å². The van der Waals surface area contributed by atoms with Crippen LogP contribution in [0.4, 0.5) is 0 Å². The fraction of sp³-hybridized carbons (Fsp3) is 0.452. The molecule has 5 atom stereocenters. The molecule has 6 rings (SSSR count). The normalized spacial score (nSPS) is 27.4. The number of aromatic nitrogens is 2. The number of hydrogen-bond acceptors (Lipinski definition) is 7. The largest absolute Gasteiger partial charge is 0.493 e. The average molecular weight is 560 g/mol. The van der Waals surface area contributed by atoms with Crippen molar-refractivity contribution >= 4 is 11.8 Å². The monoisotopic (exact) mass is 559 g/mol. The summed E-state index contributed by atoms with van der Waals surface area (Å²) in [7, 11) is 1.86. The SMILES string of the molecule is Cn1cc(-c2ccc3c(c2)OCC[C@@H]2CC[C@H](O)[C@@H](CNC(=O)[C@@H]4C[C@@H](CN4Cc4ccccc4)NC3=O)O2)cn1. The average Bonchev–Trinajstić information content (AvgIpc) is 3.58. The molecule has 4 bridgehead atoms. The minimum absolute atomic E-state index is 0.113. The van der Waals surface area contributed by atoms with Gasteiger partial charge in [-0.2, -0.15) is 5.10 Å². The van der Waals surface area contributed by atoms with Crippen molar-refractivity contribution < 1.29 is 24.2 Å². The van der Waals surface area contributed by atoms with Gasteiger partial charge in [0.05, 0.1) is 36.6 Å². The van der Waals surface area contributed by atoms with E-state index in [0.717, 1.165) is 16.7 Å². The number of aliphatic hydroxyl groups is 1. The molecule has 216 valence electrons. The summed E-state index contributed by atoms with van der Waals surface area (Å²) in [5, 5.41) is 21.1. The second-order valence-electron chi connectivity index (χ2n) is 11.3. The lowest BCUT2D eigenvalue weighted by Crippen LogP contribution is -2.50. The van der Waals surface area contributed by atoms with Gasteiger partial charge in [0.25, 0.3) is 5.91 Å². The highest BCUT2D eigenvalue weighted by Crippen LogP contribution is 2.30. The van der Waals surface area contributed by atoms with E-state index in [-0.39, 0.29) is 30.5 Å². The molecule has 0 saturated carbocycles. The molecule has 4 heterocycles. The van der Waals surface area contributed by atoms with Gasteiger partial charge in [0.1, 0.15) is 11.9 Å². The lowest BCUT2D eigenvalue weighted by molar-refractivity contribution is -0.133. The summed E-state index contributed by atoms with van der Waals surface area (Å²) in [5.74, 6) is 0.150. The summed E-state index contributed by atoms with van der Waals surface area (Å²) in [4.78, 5) is 29.2. The van der Waals surface area contributed by atoms with E-state index >= 15 is 0 Å². The highest BCUT2D eigenvalue weighted by Gasteiger charge is 2.39. The Hall–Kier alpha value is -3.73. The van der Waals surface area contributed by atoms with Crippen molar-refractivity contribution in [1.29, 1.82) is 0 Å². The van der Waals surface area contributed by atoms with Gasteiger partial charge in [-0.05, 0) is 42.5 Å². The molecule has 0 aliphatic carbocycles. The molecule has 2 amide bonds. The van der Waals surface area contributed by atoms with Gasteiger partial charge < -0.3 is 25.2 Å². The summed E-state index contributed by atoms with van der Waals surface area (Å²) in [6.07, 6.45) is 4.86. The predicted molar refractivity (Wildman–Crippen MR) is 152 cm³/mol. The third kappa shape index (κ3) is 6.29. The first-order chi connectivity index (χ1) is 19.9. The van der Waals surface area contributed by atoms with Crippen LogP contribution in [-0.4, -0.2) is 81.7 Å². The molecule has 2 saturated heterocycles. The van der Waals surface area contributed by atoms with E-state index in [1.54, 1.807) is 16.9 Å². The van der Waals surface area contributed by atoms with Gasteiger partial charge in [-0.15, -0.1) is 0 Å². The molecule has 41 heavy (non-hydrogen) atoms. The molecule has 10 nitrogen and oxygen atoms in total. The number of amides is 2. The maximum absolute atomic E-state index is 13.6. The number of carbonyl (C=O) groups excluding carboxylic acids is 2. The van der Waals surface area contributed by atoms with Gasteiger partial charge in [0, 0.05) is 50.9 Å². The number of likely N-dealkylation sites (tertiary alicyclic amines) is 1. The molecule has 0 spiro atoms. The molecule has 2 aromatic carbocycles. The van der Waals surface area contributed by atoms with Crippen molar-refractivity contribution in [3.05, 3.63) is 72.1 Å². The quantitative estimate of drug-likeness (QED) is 0.451. The number of nitrogens with one attached hydrogen (secondary N) is 2. The van der Waals surface area contributed by atoms with Crippen LogP contribution in [0.15, 0.2) is 60.9 Å². The third-order valence-corrected chi connectivity index (χ3v) is 8.29. The molecular formula is C31H37N5O5. The third-order valence-electron chi connectivity index (χ3n) is 8.29. The Morgan fingerprint density at radius 2 is 1.93 bits per heavy atom. The van der Waals surface area contributed by atoms with Crippen molar-refractivity contribution in [3.8, 4) is 16.9 Å². The number of nitrogens with zero attached hydrogens (tertiary/aromatic N) is 3. The summed E-state index contributed by atoms with van der Waals surface area (Å²) >= 11 is 0. The van der Waals surface area contributed by atoms with Gasteiger partial charge in [0.15, 0.2) is 0 Å². The highest BCUT2D eigenvalue weighted by atomic mass is 16.5. The number of fused-ring (bicyclic) bond motifs is 5. The van der Waals surface area contributed by atoms with Crippen LogP contribution in [-0.2, 0) is 23.1 Å². The number of aliphatic hydroxyl groups excluding tert-OH is 1. The zero-order chi connectivity index (χ0) is 28.3. The van der Waals surface area contributed by atoms with Gasteiger partial charge >= 0.3 is 0 Å². The Labute approximate surface area is 239 Å². The zero-order valence-corrected chi connectivity index (χ0v) is 23.2. The molecular weight excluding hydrogens is 522 g/mol. The maximum atomic E-state index is 13.6. The van der Waals surface area contributed by atoms with E-state index in [2.05, 4.69) is 20.6 Å². The number of rotatable bonds is 3. The second-order valence-corrected chi connectivity index (χ2v) is 11.3. The minimum Gasteiger partial charge on any atom is -0.493 e. The van der Waals surface area contributed by atoms with Crippen molar-refractivity contribution in [1.82, 2.24) is 25.3 Å². The number of carbonyl (C=O) groups is 2. The van der Waals surface area contributed by atoms with E-state index < -0.39 is 18.2 Å². The number of ether oxygens (including phenoxy) is 2. The van der Waals surface area contributed by atoms with Crippen molar-refractivity contribution in [3.63, 3.8) is 0 Å². The van der Waals surface area contributed by atoms with Gasteiger partial charge in [-0.25, -0.2) is 0 Å². The smallest absolute Gasteiger partial charge is 0.255 e. The Morgan fingerprint density at radius 3 is 2.73 bits per heavy atom. The first-order valence-corrected chi connectivity index (χ1v) is 14.4. The summed E-state index contributed by atoms with van der Waals surface area (Å²) in [6.45, 7) is 1.71. The fourth-order valence-electron chi connectivity index (χ4n) is 6.08. The van der Waals surface area contributed by atoms with Crippen LogP contribution < -0.4 is 15.4 Å². The number of aryl methyl sites for hydroxylation is 1. The minimum atomic E-state index is -0.634. The van der Waals surface area contributed by atoms with Crippen molar-refractivity contribution in [2.45, 2.75) is 62.6 Å². The first kappa shape index (κ1) is 27.4. The Kier molecular flexibility index (Phi) is 8.04. The van der Waals surface area contributed by atoms with Crippen LogP contribution in [0.5, 0.6) is 5.75 Å². The van der Waals surface area contributed by atoms with Crippen LogP contribution in [0.25, 0.3) is 11.1 Å². The van der Waals surface area contributed by atoms with E-state index in [0.29, 0.717) is 56.7 Å². The van der Waals surface area contributed by atoms with E-state index in [4.69, 9.17) is 9.47 Å². The van der Waals surface area contributed by atoms with Crippen molar-refractivity contribution in [2.75, 3.05) is 19.7 Å². The lowest BCUT2D eigenvalue weighted by Gasteiger charge is -2.34. The van der Waals surface area contributed by atoms with Gasteiger partial charge in [0.2, 0.25) is 5.91 Å². The molecule has 2 fully saturated rings. The molecule has 0 radical (unpaired) electrons. The fourth-order valence-corrected chi connectivity index (χ4v) is 6.08. The van der Waals surface area contributed by atoms with Gasteiger partial charge in [-0.1, -0.05) is 36.4 Å². The van der Waals surface area contributed by atoms with Crippen LogP contribution in [0.1, 0.15) is 41.6 Å². The highest BCUT2D eigenvalue weighted by molar-refractivity contribution is 5.98. The summed E-state index contributed by atoms with van der Waals surface area (Å²) < 4.78 is 14.2. The summed E-state index contributed by atoms with van der Waals surface area (Å²) in [5.41, 5.74) is 3.38. The second kappa shape index (κ2) is 12.0. The molecule has 3 N–H and O–H groups in total. The lowest BCUT2D eigenvalue weighted by atomic mass is 9.99. The van der Waals surface area contributed by atoms with Crippen molar-refractivity contribution in [2.24, 2.45) is 7.05 Å².